The fraction of sp³-hybridized carbons (Fsp3) is 0. The van der Waals surface area contributed by atoms with Crippen molar-refractivity contribution >= 4 is 75.9 Å². The maximum absolute atomic E-state index is 5.44. The zero-order valence-electron chi connectivity index (χ0n) is 29.0. The molecule has 0 amide bonds. The molecule has 5 nitrogen and oxygen atoms in total. The quantitative estimate of drug-likeness (QED) is 0.173. The van der Waals surface area contributed by atoms with Gasteiger partial charge in [0.25, 0.3) is 0 Å². The lowest BCUT2D eigenvalue weighted by Gasteiger charge is -2.13. The minimum atomic E-state index is 0.572. The summed E-state index contributed by atoms with van der Waals surface area (Å²) < 4.78 is 4.46. The summed E-state index contributed by atoms with van der Waals surface area (Å²) in [5.41, 5.74) is 7.51. The lowest BCUT2D eigenvalue weighted by atomic mass is 9.91. The van der Waals surface area contributed by atoms with Crippen LogP contribution in [0.4, 0.5) is 0 Å². The Bertz CT molecular complexity index is 3430. The number of rotatable bonds is 4. The minimum absolute atomic E-state index is 0.572. The first-order chi connectivity index (χ1) is 26.8. The molecule has 0 fully saturated rings. The molecule has 250 valence electrons. The van der Waals surface area contributed by atoms with Gasteiger partial charge in [0.2, 0.25) is 11.9 Å². The van der Waals surface area contributed by atoms with Crippen molar-refractivity contribution in [3.8, 4) is 34.4 Å². The molecule has 5 heteroatoms. The van der Waals surface area contributed by atoms with E-state index in [1.165, 1.54) is 54.2 Å². The highest BCUT2D eigenvalue weighted by molar-refractivity contribution is 6.39. The maximum Gasteiger partial charge on any atom is 0.240 e. The van der Waals surface area contributed by atoms with Crippen LogP contribution in [0.2, 0.25) is 0 Å². The van der Waals surface area contributed by atoms with Crippen LogP contribution in [0.1, 0.15) is 0 Å². The first-order valence-electron chi connectivity index (χ1n) is 18.3. The molecule has 12 rings (SSSR count). The second-order valence-corrected chi connectivity index (χ2v) is 14.0. The van der Waals surface area contributed by atoms with Gasteiger partial charge in [-0.2, -0.15) is 15.0 Å². The Balaban J connectivity index is 1.22. The van der Waals surface area contributed by atoms with E-state index >= 15 is 0 Å². The smallest absolute Gasteiger partial charge is 0.240 e. The number of hydrogen-bond donors (Lipinski definition) is 0. The molecule has 9 aromatic carbocycles. The van der Waals surface area contributed by atoms with E-state index in [2.05, 4.69) is 167 Å². The first kappa shape index (κ1) is 29.2. The lowest BCUT2D eigenvalue weighted by Crippen LogP contribution is -2.10. The average Bonchev–Trinajstić information content (AvgIpc) is 3.76. The molecule has 0 bridgehead atoms. The van der Waals surface area contributed by atoms with Crippen LogP contribution in [0, 0.1) is 0 Å². The number of benzene rings is 9. The van der Waals surface area contributed by atoms with Crippen LogP contribution in [-0.2, 0) is 0 Å². The van der Waals surface area contributed by atoms with E-state index in [9.17, 15) is 0 Å². The van der Waals surface area contributed by atoms with Gasteiger partial charge in [-0.1, -0.05) is 146 Å². The molecule has 0 atom stereocenters. The van der Waals surface area contributed by atoms with Crippen LogP contribution >= 0.6 is 0 Å². The molecule has 0 unspecified atom stereocenters. The number of para-hydroxylation sites is 1. The molecule has 54 heavy (non-hydrogen) atoms. The lowest BCUT2D eigenvalue weighted by molar-refractivity contribution is 0.893. The molecule has 0 radical (unpaired) electrons. The van der Waals surface area contributed by atoms with Gasteiger partial charge in [0, 0.05) is 32.5 Å². The van der Waals surface area contributed by atoms with Gasteiger partial charge >= 0.3 is 0 Å². The van der Waals surface area contributed by atoms with Gasteiger partial charge in [0.1, 0.15) is 0 Å². The molecular formula is C49H29N5. The van der Waals surface area contributed by atoms with Crippen molar-refractivity contribution in [2.24, 2.45) is 0 Å². The van der Waals surface area contributed by atoms with Crippen molar-refractivity contribution in [2.45, 2.75) is 0 Å². The molecule has 0 aliphatic heterocycles. The number of nitrogens with zero attached hydrogens (tertiary/aromatic N) is 5. The van der Waals surface area contributed by atoms with Crippen molar-refractivity contribution in [3.05, 3.63) is 176 Å². The van der Waals surface area contributed by atoms with Gasteiger partial charge in [-0.25, -0.2) is 0 Å². The van der Waals surface area contributed by atoms with Crippen molar-refractivity contribution in [1.29, 1.82) is 0 Å². The van der Waals surface area contributed by atoms with Crippen molar-refractivity contribution in [1.82, 2.24) is 24.1 Å². The monoisotopic (exact) mass is 687 g/mol. The van der Waals surface area contributed by atoms with Gasteiger partial charge in [0.05, 0.1) is 22.1 Å². The Morgan fingerprint density at radius 2 is 0.870 bits per heavy atom. The van der Waals surface area contributed by atoms with E-state index < -0.39 is 0 Å². The normalized spacial score (nSPS) is 12.1. The molecule has 0 saturated carbocycles. The van der Waals surface area contributed by atoms with Gasteiger partial charge in [-0.3, -0.25) is 9.13 Å². The minimum Gasteiger partial charge on any atom is -0.278 e. The molecule has 0 spiro atoms. The molecule has 3 heterocycles. The summed E-state index contributed by atoms with van der Waals surface area (Å²) >= 11 is 0. The van der Waals surface area contributed by atoms with E-state index in [0.29, 0.717) is 17.7 Å². The van der Waals surface area contributed by atoms with Gasteiger partial charge in [-0.05, 0) is 68.4 Å². The van der Waals surface area contributed by atoms with Crippen LogP contribution in [0.5, 0.6) is 0 Å². The molecular weight excluding hydrogens is 659 g/mol. The van der Waals surface area contributed by atoms with Crippen LogP contribution < -0.4 is 0 Å². The van der Waals surface area contributed by atoms with Crippen molar-refractivity contribution < 1.29 is 0 Å². The summed E-state index contributed by atoms with van der Waals surface area (Å²) in [6, 6.07) is 62.5. The topological polar surface area (TPSA) is 48.5 Å². The van der Waals surface area contributed by atoms with E-state index in [1.54, 1.807) is 0 Å². The highest BCUT2D eigenvalue weighted by Gasteiger charge is 2.24. The Hall–Kier alpha value is -7.37. The maximum atomic E-state index is 5.44. The average molecular weight is 688 g/mol. The Morgan fingerprint density at radius 1 is 0.296 bits per heavy atom. The number of fused-ring (bicyclic) bond motifs is 8. The Labute approximate surface area is 309 Å². The van der Waals surface area contributed by atoms with Crippen LogP contribution in [0.25, 0.3) is 110 Å². The standard InChI is InChI=1S/C49H29N5/c1-3-14-30(15-4-1)32-26-27-41-39(28-32)36-21-11-12-24-40(36)53(41)48-50-47(31-16-5-2-6-17-31)51-49(52-48)54-42-25-13-23-38-35-20-9-10-22-37(35)44-34-19-8-7-18-33(34)29-43(54)46(44)45(38)42/h1-29H. The molecule has 0 N–H and O–H groups in total. The van der Waals surface area contributed by atoms with Crippen molar-refractivity contribution in [2.75, 3.05) is 0 Å². The summed E-state index contributed by atoms with van der Waals surface area (Å²) in [6.07, 6.45) is 0. The molecule has 12 aromatic rings. The number of aromatic nitrogens is 5. The van der Waals surface area contributed by atoms with E-state index in [1.807, 2.05) is 18.2 Å². The van der Waals surface area contributed by atoms with Crippen LogP contribution in [0.15, 0.2) is 176 Å². The van der Waals surface area contributed by atoms with Gasteiger partial charge in [0.15, 0.2) is 5.82 Å². The third kappa shape index (κ3) is 4.06. The molecule has 0 saturated heterocycles. The summed E-state index contributed by atoms with van der Waals surface area (Å²) in [6.45, 7) is 0. The summed E-state index contributed by atoms with van der Waals surface area (Å²) in [5, 5.41) is 12.1. The second-order valence-electron chi connectivity index (χ2n) is 14.0. The van der Waals surface area contributed by atoms with Crippen LogP contribution in [0.3, 0.4) is 0 Å². The highest BCUT2D eigenvalue weighted by Crippen LogP contribution is 2.46. The van der Waals surface area contributed by atoms with Gasteiger partial charge in [-0.15, -0.1) is 0 Å². The zero-order chi connectivity index (χ0) is 35.3. The summed E-state index contributed by atoms with van der Waals surface area (Å²) in [7, 11) is 0. The fourth-order valence-corrected chi connectivity index (χ4v) is 8.81. The van der Waals surface area contributed by atoms with Gasteiger partial charge < -0.3 is 0 Å². The third-order valence-corrected chi connectivity index (χ3v) is 11.1. The Morgan fingerprint density at radius 3 is 1.67 bits per heavy atom. The first-order valence-corrected chi connectivity index (χ1v) is 18.3. The third-order valence-electron chi connectivity index (χ3n) is 11.1. The molecule has 3 aromatic heterocycles. The molecule has 0 aliphatic rings. The predicted octanol–water partition coefficient (Wildman–Crippen LogP) is 12.3. The zero-order valence-corrected chi connectivity index (χ0v) is 29.0. The van der Waals surface area contributed by atoms with E-state index in [0.717, 1.165) is 38.4 Å². The van der Waals surface area contributed by atoms with E-state index in [4.69, 9.17) is 15.0 Å². The van der Waals surface area contributed by atoms with Crippen LogP contribution in [-0.4, -0.2) is 24.1 Å². The Kier molecular flexibility index (Phi) is 5.99. The van der Waals surface area contributed by atoms with E-state index in [-0.39, 0.29) is 0 Å². The summed E-state index contributed by atoms with van der Waals surface area (Å²) in [4.78, 5) is 16.0. The number of hydrogen-bond acceptors (Lipinski definition) is 3. The largest absolute Gasteiger partial charge is 0.278 e. The molecule has 0 aliphatic carbocycles. The summed E-state index contributed by atoms with van der Waals surface area (Å²) in [5.74, 6) is 1.77. The van der Waals surface area contributed by atoms with Crippen molar-refractivity contribution in [3.63, 3.8) is 0 Å². The predicted molar refractivity (Wildman–Crippen MR) is 223 cm³/mol. The highest BCUT2D eigenvalue weighted by atomic mass is 15.3. The second kappa shape index (κ2) is 11.1. The SMILES string of the molecule is c1ccc(-c2ccc3c(c2)c2ccccc2n3-c2nc(-c3ccccc3)nc(-n3c4cccc5c6ccccc6c6c7ccccc7cc3c6c54)n2)cc1. The fourth-order valence-electron chi connectivity index (χ4n) is 8.81.